The number of urea groups is 1. The lowest BCUT2D eigenvalue weighted by atomic mass is 10.3. The predicted octanol–water partition coefficient (Wildman–Crippen LogP) is 2.25. The van der Waals surface area contributed by atoms with Crippen LogP contribution in [0.5, 0.6) is 0 Å². The van der Waals surface area contributed by atoms with E-state index in [0.29, 0.717) is 16.5 Å². The number of carbonyl (C=O) groups excluding carboxylic acids is 3. The maximum Gasteiger partial charge on any atom is 0.320 e. The van der Waals surface area contributed by atoms with E-state index in [9.17, 15) is 14.4 Å². The molecule has 1 aromatic carbocycles. The van der Waals surface area contributed by atoms with Gasteiger partial charge in [-0.1, -0.05) is 11.6 Å². The Labute approximate surface area is 167 Å². The molecule has 4 amide bonds. The summed E-state index contributed by atoms with van der Waals surface area (Å²) < 4.78 is 5.29. The number of furan rings is 1. The zero-order valence-corrected chi connectivity index (χ0v) is 16.4. The van der Waals surface area contributed by atoms with Gasteiger partial charge in [-0.3, -0.25) is 14.5 Å². The molecule has 1 saturated heterocycles. The third-order valence-corrected chi connectivity index (χ3v) is 4.59. The van der Waals surface area contributed by atoms with Gasteiger partial charge in [0.15, 0.2) is 0 Å². The van der Waals surface area contributed by atoms with Crippen molar-refractivity contribution in [2.45, 2.75) is 6.54 Å². The van der Waals surface area contributed by atoms with Gasteiger partial charge in [0.25, 0.3) is 0 Å². The molecular weight excluding hydrogens is 384 g/mol. The maximum absolute atomic E-state index is 12.8. The van der Waals surface area contributed by atoms with E-state index >= 15 is 0 Å². The minimum atomic E-state index is -0.315. The van der Waals surface area contributed by atoms with Crippen LogP contribution in [0.1, 0.15) is 5.76 Å². The van der Waals surface area contributed by atoms with Crippen molar-refractivity contribution in [3.63, 3.8) is 0 Å². The van der Waals surface area contributed by atoms with Crippen molar-refractivity contribution in [1.82, 2.24) is 14.7 Å². The van der Waals surface area contributed by atoms with E-state index in [1.807, 2.05) is 0 Å². The van der Waals surface area contributed by atoms with Crippen LogP contribution in [0.25, 0.3) is 0 Å². The molecule has 0 bridgehead atoms. The van der Waals surface area contributed by atoms with Crippen molar-refractivity contribution in [3.8, 4) is 0 Å². The third-order valence-electron chi connectivity index (χ3n) is 4.34. The molecule has 2 aromatic rings. The highest BCUT2D eigenvalue weighted by atomic mass is 35.5. The standard InChI is InChI=1S/C19H21ClN4O4/c1-21(2)19(27)22(10-16-4-3-9-28-16)11-17(25)23-12-18(26)24(13-23)15-7-5-14(20)6-8-15/h3-9H,10-13H2,1-2H3. The van der Waals surface area contributed by atoms with Crippen LogP contribution in [-0.4, -0.2) is 66.4 Å². The van der Waals surface area contributed by atoms with Gasteiger partial charge in [-0.05, 0) is 36.4 Å². The Balaban J connectivity index is 1.68. The Morgan fingerprint density at radius 3 is 2.50 bits per heavy atom. The second-order valence-electron chi connectivity index (χ2n) is 6.64. The van der Waals surface area contributed by atoms with Crippen LogP contribution in [0.3, 0.4) is 0 Å². The van der Waals surface area contributed by atoms with Gasteiger partial charge in [0, 0.05) is 24.8 Å². The largest absolute Gasteiger partial charge is 0.467 e. The molecule has 0 N–H and O–H groups in total. The van der Waals surface area contributed by atoms with E-state index in [2.05, 4.69) is 0 Å². The van der Waals surface area contributed by atoms with Crippen molar-refractivity contribution < 1.29 is 18.8 Å². The quantitative estimate of drug-likeness (QED) is 0.765. The van der Waals surface area contributed by atoms with Gasteiger partial charge in [0.1, 0.15) is 25.5 Å². The summed E-state index contributed by atoms with van der Waals surface area (Å²) in [6.07, 6.45) is 1.51. The van der Waals surface area contributed by atoms with Crippen LogP contribution < -0.4 is 4.90 Å². The molecule has 0 saturated carbocycles. The third kappa shape index (κ3) is 4.45. The van der Waals surface area contributed by atoms with Gasteiger partial charge >= 0.3 is 6.03 Å². The average Bonchev–Trinajstić information content (AvgIpc) is 3.31. The van der Waals surface area contributed by atoms with Gasteiger partial charge < -0.3 is 19.1 Å². The highest BCUT2D eigenvalue weighted by Crippen LogP contribution is 2.22. The number of anilines is 1. The Kier molecular flexibility index (Phi) is 5.89. The summed E-state index contributed by atoms with van der Waals surface area (Å²) in [7, 11) is 3.23. The summed E-state index contributed by atoms with van der Waals surface area (Å²) in [5, 5.41) is 0.569. The van der Waals surface area contributed by atoms with Crippen molar-refractivity contribution in [3.05, 3.63) is 53.4 Å². The second kappa shape index (κ2) is 8.35. The SMILES string of the molecule is CN(C)C(=O)N(CC(=O)N1CC(=O)N(c2ccc(Cl)cc2)C1)Cc1ccco1. The normalized spacial score (nSPS) is 13.8. The first-order valence-electron chi connectivity index (χ1n) is 8.67. The number of carbonyl (C=O) groups is 3. The maximum atomic E-state index is 12.8. The molecule has 1 aliphatic rings. The van der Waals surface area contributed by atoms with E-state index in [-0.39, 0.29) is 44.1 Å². The first kappa shape index (κ1) is 19.8. The Morgan fingerprint density at radius 1 is 1.18 bits per heavy atom. The lowest BCUT2D eigenvalue weighted by molar-refractivity contribution is -0.132. The zero-order valence-electron chi connectivity index (χ0n) is 15.7. The molecule has 3 rings (SSSR count). The monoisotopic (exact) mass is 404 g/mol. The first-order chi connectivity index (χ1) is 13.3. The molecule has 0 radical (unpaired) electrons. The van der Waals surface area contributed by atoms with E-state index < -0.39 is 0 Å². The minimum absolute atomic E-state index is 0.0355. The molecule has 0 aliphatic carbocycles. The molecule has 1 aliphatic heterocycles. The lowest BCUT2D eigenvalue weighted by Crippen LogP contribution is -2.45. The predicted molar refractivity (Wildman–Crippen MR) is 104 cm³/mol. The Morgan fingerprint density at radius 2 is 1.89 bits per heavy atom. The van der Waals surface area contributed by atoms with Gasteiger partial charge in [-0.15, -0.1) is 0 Å². The minimum Gasteiger partial charge on any atom is -0.467 e. The number of hydrogen-bond donors (Lipinski definition) is 0. The number of halogens is 1. The van der Waals surface area contributed by atoms with Gasteiger partial charge in [0.05, 0.1) is 12.8 Å². The van der Waals surface area contributed by atoms with E-state index in [1.54, 1.807) is 50.5 Å². The number of amides is 4. The van der Waals surface area contributed by atoms with Crippen molar-refractivity contribution in [1.29, 1.82) is 0 Å². The summed E-state index contributed by atoms with van der Waals surface area (Å²) in [6, 6.07) is 9.98. The fourth-order valence-electron chi connectivity index (χ4n) is 2.89. The Hall–Kier alpha value is -3.00. The highest BCUT2D eigenvalue weighted by molar-refractivity contribution is 6.30. The van der Waals surface area contributed by atoms with Crippen molar-refractivity contribution in [2.24, 2.45) is 0 Å². The van der Waals surface area contributed by atoms with Gasteiger partial charge in [0.2, 0.25) is 11.8 Å². The molecule has 1 fully saturated rings. The fourth-order valence-corrected chi connectivity index (χ4v) is 3.02. The number of benzene rings is 1. The van der Waals surface area contributed by atoms with Crippen LogP contribution in [-0.2, 0) is 16.1 Å². The van der Waals surface area contributed by atoms with Crippen molar-refractivity contribution in [2.75, 3.05) is 38.8 Å². The summed E-state index contributed by atoms with van der Waals surface area (Å²) >= 11 is 5.89. The van der Waals surface area contributed by atoms with Crippen LogP contribution in [0.15, 0.2) is 47.1 Å². The molecule has 9 heteroatoms. The van der Waals surface area contributed by atoms with E-state index in [0.717, 1.165) is 0 Å². The summed E-state index contributed by atoms with van der Waals surface area (Å²) in [5.74, 6) is 0.0713. The van der Waals surface area contributed by atoms with Gasteiger partial charge in [-0.2, -0.15) is 0 Å². The smallest absolute Gasteiger partial charge is 0.320 e. The molecular formula is C19H21ClN4O4. The summed E-state index contributed by atoms with van der Waals surface area (Å²) in [5.41, 5.74) is 0.668. The topological polar surface area (TPSA) is 77.3 Å². The van der Waals surface area contributed by atoms with Crippen LogP contribution in [0.2, 0.25) is 5.02 Å². The Bertz CT molecular complexity index is 851. The summed E-state index contributed by atoms with van der Waals surface area (Å²) in [6.45, 7) is 0.105. The molecule has 0 atom stereocenters. The number of hydrogen-bond acceptors (Lipinski definition) is 4. The second-order valence-corrected chi connectivity index (χ2v) is 7.08. The first-order valence-corrected chi connectivity index (χ1v) is 9.05. The highest BCUT2D eigenvalue weighted by Gasteiger charge is 2.33. The fraction of sp³-hybridized carbons (Fsp3) is 0.316. The lowest BCUT2D eigenvalue weighted by Gasteiger charge is -2.26. The zero-order chi connectivity index (χ0) is 20.3. The molecule has 0 spiro atoms. The summed E-state index contributed by atoms with van der Waals surface area (Å²) in [4.78, 5) is 43.3. The molecule has 8 nitrogen and oxygen atoms in total. The average molecular weight is 405 g/mol. The van der Waals surface area contributed by atoms with Crippen LogP contribution in [0, 0.1) is 0 Å². The van der Waals surface area contributed by atoms with E-state index in [4.69, 9.17) is 16.0 Å². The van der Waals surface area contributed by atoms with Gasteiger partial charge in [-0.25, -0.2) is 4.79 Å². The molecule has 148 valence electrons. The van der Waals surface area contributed by atoms with E-state index in [1.165, 1.54) is 25.9 Å². The van der Waals surface area contributed by atoms with Crippen LogP contribution in [0.4, 0.5) is 10.5 Å². The molecule has 28 heavy (non-hydrogen) atoms. The molecule has 2 heterocycles. The number of nitrogens with zero attached hydrogens (tertiary/aromatic N) is 4. The van der Waals surface area contributed by atoms with Crippen LogP contribution >= 0.6 is 11.6 Å². The molecule has 1 aromatic heterocycles. The number of rotatable bonds is 5. The van der Waals surface area contributed by atoms with Crippen molar-refractivity contribution >= 4 is 35.1 Å². The molecule has 0 unspecified atom stereocenters.